The van der Waals surface area contributed by atoms with Crippen molar-refractivity contribution in [1.29, 1.82) is 0 Å². The molecule has 6 rings (SSSR count). The Bertz CT molecular complexity index is 1440. The summed E-state index contributed by atoms with van der Waals surface area (Å²) in [7, 11) is 1.60. The number of hydrogen-bond donors (Lipinski definition) is 2. The van der Waals surface area contributed by atoms with Crippen molar-refractivity contribution in [2.75, 3.05) is 56.2 Å². The average Bonchev–Trinajstić information content (AvgIpc) is 3.35. The van der Waals surface area contributed by atoms with Crippen LogP contribution in [0.2, 0.25) is 0 Å². The fourth-order valence-corrected chi connectivity index (χ4v) is 5.82. The average molecular weight is 574 g/mol. The molecule has 220 valence electrons. The van der Waals surface area contributed by atoms with Crippen LogP contribution in [-0.4, -0.2) is 95.2 Å². The lowest BCUT2D eigenvalue weighted by atomic mass is 9.97. The summed E-state index contributed by atoms with van der Waals surface area (Å²) in [5.74, 6) is 1.14. The molecule has 0 saturated carbocycles. The molecule has 10 nitrogen and oxygen atoms in total. The van der Waals surface area contributed by atoms with Crippen LogP contribution in [0.5, 0.6) is 5.75 Å². The van der Waals surface area contributed by atoms with Crippen molar-refractivity contribution in [1.82, 2.24) is 24.8 Å². The van der Waals surface area contributed by atoms with E-state index < -0.39 is 18.3 Å². The van der Waals surface area contributed by atoms with E-state index in [1.807, 2.05) is 28.9 Å². The molecule has 3 aliphatic rings. The van der Waals surface area contributed by atoms with E-state index in [1.165, 1.54) is 4.90 Å². The number of hydrogen-bond acceptors (Lipinski definition) is 8. The molecule has 0 radical (unpaired) electrons. The van der Waals surface area contributed by atoms with Crippen LogP contribution in [0.1, 0.15) is 46.9 Å². The summed E-state index contributed by atoms with van der Waals surface area (Å²) in [5, 5.41) is 17.3. The highest BCUT2D eigenvalue weighted by Crippen LogP contribution is 2.35. The zero-order valence-electron chi connectivity index (χ0n) is 23.1. The van der Waals surface area contributed by atoms with Gasteiger partial charge in [0.25, 0.3) is 5.91 Å². The van der Waals surface area contributed by atoms with Gasteiger partial charge in [-0.25, -0.2) is 4.98 Å². The molecule has 1 aromatic carbocycles. The normalized spacial score (nSPS) is 22.9. The number of rotatable bonds is 1. The van der Waals surface area contributed by atoms with Gasteiger partial charge in [-0.3, -0.25) is 4.79 Å². The summed E-state index contributed by atoms with van der Waals surface area (Å²) in [4.78, 5) is 24.0. The molecule has 2 saturated heterocycles. The van der Waals surface area contributed by atoms with Gasteiger partial charge in [-0.1, -0.05) is 11.6 Å². The fraction of sp³-hybridized carbons (Fsp3) is 0.536. The van der Waals surface area contributed by atoms with Gasteiger partial charge in [0.1, 0.15) is 30.0 Å². The molecule has 3 aromatic rings. The maximum Gasteiger partial charge on any atom is 0.405 e. The first-order chi connectivity index (χ1) is 19.6. The number of nitrogens with zero attached hydrogens (tertiary/aromatic N) is 6. The molecule has 41 heavy (non-hydrogen) atoms. The number of alkyl halides is 3. The van der Waals surface area contributed by atoms with Crippen LogP contribution in [0.3, 0.4) is 0 Å². The lowest BCUT2D eigenvalue weighted by Crippen LogP contribution is -2.51. The summed E-state index contributed by atoms with van der Waals surface area (Å²) in [5.41, 5.74) is 2.37. The number of ether oxygens (including phenoxy) is 1. The first-order valence-corrected chi connectivity index (χ1v) is 14.0. The zero-order valence-corrected chi connectivity index (χ0v) is 23.1. The topological polar surface area (TPSA) is 98.5 Å². The van der Waals surface area contributed by atoms with Gasteiger partial charge < -0.3 is 29.9 Å². The van der Waals surface area contributed by atoms with Crippen LogP contribution in [0.15, 0.2) is 30.3 Å². The Kier molecular flexibility index (Phi) is 7.18. The summed E-state index contributed by atoms with van der Waals surface area (Å²) in [6.45, 7) is 2.75. The van der Waals surface area contributed by atoms with Crippen molar-refractivity contribution in [3.8, 4) is 5.75 Å². The van der Waals surface area contributed by atoms with E-state index in [2.05, 4.69) is 5.32 Å². The standard InChI is InChI=1S/C28H34F3N7O3/c1-17-6-7-22-19(11-17)27(40)37-9-4-3-5-21(37)20-12-25-33-24(36-14-18(39)15-36)13-26(38(25)34-20)35(2)16-23(28(29,30)31)32-8-10-41-22/h6-7,11-13,18,21,23,32,39H,3-5,8-10,14-16H2,1-2H3. The van der Waals surface area contributed by atoms with Crippen molar-refractivity contribution >= 4 is 23.2 Å². The highest BCUT2D eigenvalue weighted by molar-refractivity contribution is 5.97. The summed E-state index contributed by atoms with van der Waals surface area (Å²) in [6.07, 6.45) is -2.52. The van der Waals surface area contributed by atoms with Crippen molar-refractivity contribution in [3.63, 3.8) is 0 Å². The van der Waals surface area contributed by atoms with E-state index in [0.29, 0.717) is 60.3 Å². The molecule has 2 bridgehead atoms. The predicted octanol–water partition coefficient (Wildman–Crippen LogP) is 2.94. The minimum Gasteiger partial charge on any atom is -0.491 e. The maximum atomic E-state index is 14.1. The molecular weight excluding hydrogens is 539 g/mol. The van der Waals surface area contributed by atoms with Gasteiger partial charge in [0, 0.05) is 51.9 Å². The third kappa shape index (κ3) is 5.40. The highest BCUT2D eigenvalue weighted by atomic mass is 19.4. The van der Waals surface area contributed by atoms with Gasteiger partial charge in [-0.05, 0) is 38.3 Å². The van der Waals surface area contributed by atoms with Gasteiger partial charge in [-0.2, -0.15) is 22.8 Å². The van der Waals surface area contributed by atoms with Crippen LogP contribution in [0, 0.1) is 6.92 Å². The molecular formula is C28H34F3N7O3. The molecule has 0 spiro atoms. The minimum atomic E-state index is -4.51. The summed E-state index contributed by atoms with van der Waals surface area (Å²) in [6, 6.07) is 6.65. The van der Waals surface area contributed by atoms with Gasteiger partial charge in [0.15, 0.2) is 5.65 Å². The van der Waals surface area contributed by atoms with Crippen molar-refractivity contribution in [3.05, 3.63) is 47.2 Å². The second kappa shape index (κ2) is 10.7. The number of β-amino-alcohol motifs (C(OH)–C–C–N with tert-alkyl or cyclic N) is 1. The van der Waals surface area contributed by atoms with Crippen LogP contribution >= 0.6 is 0 Å². The molecule has 3 aliphatic heterocycles. The number of fused-ring (bicyclic) bond motifs is 4. The second-order valence-corrected chi connectivity index (χ2v) is 11.2. The number of aliphatic hydroxyl groups is 1. The van der Waals surface area contributed by atoms with E-state index in [4.69, 9.17) is 14.8 Å². The Labute approximate surface area is 235 Å². The molecule has 2 atom stereocenters. The number of aryl methyl sites for hydroxylation is 1. The van der Waals surface area contributed by atoms with E-state index in [9.17, 15) is 23.1 Å². The number of benzene rings is 1. The second-order valence-electron chi connectivity index (χ2n) is 11.2. The van der Waals surface area contributed by atoms with E-state index in [0.717, 1.165) is 18.4 Å². The number of nitrogens with one attached hydrogen (secondary N) is 1. The third-order valence-corrected chi connectivity index (χ3v) is 8.06. The molecule has 0 aliphatic carbocycles. The van der Waals surface area contributed by atoms with Crippen LogP contribution in [0.4, 0.5) is 24.8 Å². The molecule has 2 N–H and O–H groups in total. The number of aliphatic hydroxyl groups excluding tert-OH is 1. The first-order valence-electron chi connectivity index (χ1n) is 14.0. The molecule has 5 heterocycles. The molecule has 13 heteroatoms. The minimum absolute atomic E-state index is 0.0373. The Hall–Kier alpha value is -3.58. The van der Waals surface area contributed by atoms with E-state index in [1.54, 1.807) is 29.8 Å². The number of carbonyl (C=O) groups is 1. The first kappa shape index (κ1) is 27.6. The number of amides is 1. The zero-order chi connectivity index (χ0) is 28.9. The molecule has 2 unspecified atom stereocenters. The Morgan fingerprint density at radius 3 is 2.68 bits per heavy atom. The van der Waals surface area contributed by atoms with Crippen LogP contribution in [-0.2, 0) is 0 Å². The molecule has 1 amide bonds. The number of anilines is 2. The number of aromatic nitrogens is 3. The van der Waals surface area contributed by atoms with Crippen LogP contribution < -0.4 is 19.9 Å². The fourth-order valence-electron chi connectivity index (χ4n) is 5.82. The highest BCUT2D eigenvalue weighted by Gasteiger charge is 2.41. The quantitative estimate of drug-likeness (QED) is 0.459. The smallest absolute Gasteiger partial charge is 0.405 e. The van der Waals surface area contributed by atoms with Gasteiger partial charge in [-0.15, -0.1) is 0 Å². The Morgan fingerprint density at radius 1 is 1.12 bits per heavy atom. The number of likely N-dealkylation sites (N-methyl/N-ethyl adjacent to an activating group) is 1. The lowest BCUT2D eigenvalue weighted by Gasteiger charge is -2.37. The number of piperidine rings is 1. The van der Waals surface area contributed by atoms with Crippen molar-refractivity contribution in [2.45, 2.75) is 50.6 Å². The molecule has 2 aromatic heterocycles. The number of carbonyl (C=O) groups excluding carboxylic acids is 1. The van der Waals surface area contributed by atoms with Crippen molar-refractivity contribution < 1.29 is 27.8 Å². The third-order valence-electron chi connectivity index (χ3n) is 8.06. The van der Waals surface area contributed by atoms with E-state index in [-0.39, 0.29) is 31.6 Å². The van der Waals surface area contributed by atoms with Gasteiger partial charge in [0.05, 0.1) is 23.4 Å². The largest absolute Gasteiger partial charge is 0.491 e. The SMILES string of the molecule is Cc1ccc2c(c1)C(=O)N1CCCCC1c1cc3nc(N4CC(O)C4)cc(n3n1)N(C)CC(C(F)(F)F)NCCO2. The van der Waals surface area contributed by atoms with Gasteiger partial charge >= 0.3 is 6.18 Å². The Morgan fingerprint density at radius 2 is 1.93 bits per heavy atom. The van der Waals surface area contributed by atoms with Crippen molar-refractivity contribution in [2.24, 2.45) is 0 Å². The monoisotopic (exact) mass is 573 g/mol. The summed E-state index contributed by atoms with van der Waals surface area (Å²) < 4.78 is 49.9. The molecule has 2 fully saturated rings. The number of halogens is 3. The van der Waals surface area contributed by atoms with Crippen LogP contribution in [0.25, 0.3) is 5.65 Å². The predicted molar refractivity (Wildman–Crippen MR) is 147 cm³/mol. The lowest BCUT2D eigenvalue weighted by molar-refractivity contribution is -0.153. The van der Waals surface area contributed by atoms with E-state index >= 15 is 0 Å². The summed E-state index contributed by atoms with van der Waals surface area (Å²) >= 11 is 0. The Balaban J connectivity index is 1.48. The van der Waals surface area contributed by atoms with Gasteiger partial charge in [0.2, 0.25) is 0 Å². The maximum absolute atomic E-state index is 14.1.